The van der Waals surface area contributed by atoms with E-state index in [-0.39, 0.29) is 0 Å². The number of hydrogen-bond donors (Lipinski definition) is 0. The van der Waals surface area contributed by atoms with E-state index < -0.39 is 0 Å². The average Bonchev–Trinajstić information content (AvgIpc) is 3.15. The van der Waals surface area contributed by atoms with Gasteiger partial charge in [0, 0.05) is 18.9 Å². The largest absolute Gasteiger partial charge is 0.303 e. The Kier molecular flexibility index (Phi) is 2.92. The Balaban J connectivity index is 1.53. The van der Waals surface area contributed by atoms with Crippen molar-refractivity contribution in [2.45, 2.75) is 31.6 Å². The van der Waals surface area contributed by atoms with Crippen LogP contribution in [0.15, 0.2) is 24.5 Å². The molecule has 0 N–H and O–H groups in total. The summed E-state index contributed by atoms with van der Waals surface area (Å²) < 4.78 is 0. The van der Waals surface area contributed by atoms with Gasteiger partial charge in [-0.1, -0.05) is 6.07 Å². The third kappa shape index (κ3) is 2.43. The molecule has 2 aliphatic rings. The molecule has 0 amide bonds. The Morgan fingerprint density at radius 2 is 2.00 bits per heavy atom. The number of pyridine rings is 1. The minimum atomic E-state index is 0.754. The molecule has 0 spiro atoms. The predicted molar refractivity (Wildman–Crippen MR) is 65.4 cm³/mol. The van der Waals surface area contributed by atoms with E-state index in [1.54, 1.807) is 0 Å². The molecular weight excluding hydrogens is 196 g/mol. The van der Waals surface area contributed by atoms with Crippen LogP contribution in [0.2, 0.25) is 0 Å². The van der Waals surface area contributed by atoms with E-state index in [9.17, 15) is 0 Å². The van der Waals surface area contributed by atoms with Gasteiger partial charge in [0.25, 0.3) is 0 Å². The quantitative estimate of drug-likeness (QED) is 0.772. The lowest BCUT2D eigenvalue weighted by Crippen LogP contribution is -2.34. The van der Waals surface area contributed by atoms with Crippen LogP contribution < -0.4 is 0 Å². The van der Waals surface area contributed by atoms with E-state index in [0.717, 1.165) is 11.8 Å². The number of aromatic nitrogens is 1. The molecule has 0 aromatic carbocycles. The van der Waals surface area contributed by atoms with E-state index in [0.29, 0.717) is 0 Å². The van der Waals surface area contributed by atoms with Crippen LogP contribution in [0.3, 0.4) is 0 Å². The van der Waals surface area contributed by atoms with Gasteiger partial charge in [0.2, 0.25) is 0 Å². The Morgan fingerprint density at radius 1 is 1.19 bits per heavy atom. The highest BCUT2D eigenvalue weighted by molar-refractivity contribution is 5.15. The van der Waals surface area contributed by atoms with Gasteiger partial charge in [-0.25, -0.2) is 0 Å². The molecule has 86 valence electrons. The van der Waals surface area contributed by atoms with Gasteiger partial charge in [-0.3, -0.25) is 4.98 Å². The summed E-state index contributed by atoms with van der Waals surface area (Å²) in [7, 11) is 0. The maximum Gasteiger partial charge on any atom is 0.0302 e. The minimum absolute atomic E-state index is 0.754. The van der Waals surface area contributed by atoms with Crippen molar-refractivity contribution in [2.75, 3.05) is 19.6 Å². The van der Waals surface area contributed by atoms with Gasteiger partial charge in [-0.05, 0) is 62.2 Å². The first-order valence-electron chi connectivity index (χ1n) is 6.54. The van der Waals surface area contributed by atoms with Crippen molar-refractivity contribution in [3.05, 3.63) is 30.1 Å². The molecular formula is C14H20N2. The van der Waals surface area contributed by atoms with Crippen molar-refractivity contribution in [3.8, 4) is 0 Å². The van der Waals surface area contributed by atoms with Crippen molar-refractivity contribution in [1.29, 1.82) is 0 Å². The van der Waals surface area contributed by atoms with Crippen LogP contribution in [0.25, 0.3) is 0 Å². The fraction of sp³-hybridized carbons (Fsp3) is 0.643. The molecule has 0 atom stereocenters. The third-order valence-electron chi connectivity index (χ3n) is 3.96. The number of rotatable bonds is 3. The molecule has 2 nitrogen and oxygen atoms in total. The summed E-state index contributed by atoms with van der Waals surface area (Å²) in [5, 5.41) is 0. The standard InChI is InChI=1S/C14H20N2/c1-2-14(10-15-7-1)13-5-8-16(9-6-13)11-12-3-4-12/h1-2,7,10,12-13H,3-6,8-9,11H2. The van der Waals surface area contributed by atoms with E-state index in [1.807, 2.05) is 12.4 Å². The highest BCUT2D eigenvalue weighted by Gasteiger charge is 2.27. The summed E-state index contributed by atoms with van der Waals surface area (Å²) in [5.41, 5.74) is 1.44. The van der Waals surface area contributed by atoms with Crippen LogP contribution in [-0.4, -0.2) is 29.5 Å². The second kappa shape index (κ2) is 4.54. The number of piperidine rings is 1. The van der Waals surface area contributed by atoms with Gasteiger partial charge in [0.1, 0.15) is 0 Å². The summed E-state index contributed by atoms with van der Waals surface area (Å²) in [4.78, 5) is 6.88. The Bertz CT molecular complexity index is 324. The highest BCUT2D eigenvalue weighted by Crippen LogP contribution is 2.33. The van der Waals surface area contributed by atoms with E-state index >= 15 is 0 Å². The fourth-order valence-electron chi connectivity index (χ4n) is 2.73. The zero-order valence-electron chi connectivity index (χ0n) is 9.81. The third-order valence-corrected chi connectivity index (χ3v) is 3.96. The highest BCUT2D eigenvalue weighted by atomic mass is 15.1. The van der Waals surface area contributed by atoms with Crippen molar-refractivity contribution < 1.29 is 0 Å². The monoisotopic (exact) mass is 216 g/mol. The Hall–Kier alpha value is -0.890. The zero-order chi connectivity index (χ0) is 10.8. The number of hydrogen-bond acceptors (Lipinski definition) is 2. The lowest BCUT2D eigenvalue weighted by atomic mass is 9.90. The van der Waals surface area contributed by atoms with E-state index in [2.05, 4.69) is 22.0 Å². The maximum atomic E-state index is 4.22. The first kappa shape index (κ1) is 10.3. The first-order valence-corrected chi connectivity index (χ1v) is 6.54. The molecule has 1 saturated heterocycles. The van der Waals surface area contributed by atoms with Crippen molar-refractivity contribution >= 4 is 0 Å². The second-order valence-electron chi connectivity index (χ2n) is 5.30. The molecule has 2 heterocycles. The number of likely N-dealkylation sites (tertiary alicyclic amines) is 1. The smallest absolute Gasteiger partial charge is 0.0302 e. The van der Waals surface area contributed by atoms with Crippen LogP contribution in [-0.2, 0) is 0 Å². The van der Waals surface area contributed by atoms with Crippen LogP contribution in [0.4, 0.5) is 0 Å². The lowest BCUT2D eigenvalue weighted by molar-refractivity contribution is 0.204. The van der Waals surface area contributed by atoms with Crippen molar-refractivity contribution in [1.82, 2.24) is 9.88 Å². The molecule has 2 fully saturated rings. The van der Waals surface area contributed by atoms with Gasteiger partial charge >= 0.3 is 0 Å². The summed E-state index contributed by atoms with van der Waals surface area (Å²) in [5.74, 6) is 1.79. The van der Waals surface area contributed by atoms with E-state index in [1.165, 1.54) is 50.9 Å². The molecule has 0 bridgehead atoms. The second-order valence-corrected chi connectivity index (χ2v) is 5.30. The molecule has 0 unspecified atom stereocenters. The Morgan fingerprint density at radius 3 is 2.62 bits per heavy atom. The fourth-order valence-corrected chi connectivity index (χ4v) is 2.73. The topological polar surface area (TPSA) is 16.1 Å². The lowest BCUT2D eigenvalue weighted by Gasteiger charge is -2.32. The normalized spacial score (nSPS) is 23.5. The van der Waals surface area contributed by atoms with Gasteiger partial charge < -0.3 is 4.90 Å². The molecule has 1 aromatic rings. The predicted octanol–water partition coefficient (Wildman–Crippen LogP) is 2.67. The van der Waals surface area contributed by atoms with Crippen LogP contribution in [0.5, 0.6) is 0 Å². The molecule has 0 radical (unpaired) electrons. The van der Waals surface area contributed by atoms with E-state index in [4.69, 9.17) is 0 Å². The van der Waals surface area contributed by atoms with Gasteiger partial charge in [0.05, 0.1) is 0 Å². The average molecular weight is 216 g/mol. The van der Waals surface area contributed by atoms with Crippen LogP contribution in [0.1, 0.15) is 37.2 Å². The molecule has 2 heteroatoms. The summed E-state index contributed by atoms with van der Waals surface area (Å²) in [6.07, 6.45) is 9.49. The minimum Gasteiger partial charge on any atom is -0.303 e. The Labute approximate surface area is 97.7 Å². The van der Waals surface area contributed by atoms with Crippen molar-refractivity contribution in [3.63, 3.8) is 0 Å². The summed E-state index contributed by atoms with van der Waals surface area (Å²) in [6.45, 7) is 3.94. The SMILES string of the molecule is c1cncc(C2CCN(CC3CC3)CC2)c1. The summed E-state index contributed by atoms with van der Waals surface area (Å²) in [6, 6.07) is 4.29. The van der Waals surface area contributed by atoms with Crippen LogP contribution >= 0.6 is 0 Å². The molecule has 1 aliphatic carbocycles. The molecule has 16 heavy (non-hydrogen) atoms. The first-order chi connectivity index (χ1) is 7.92. The van der Waals surface area contributed by atoms with Gasteiger partial charge in [0.15, 0.2) is 0 Å². The maximum absolute atomic E-state index is 4.22. The molecule has 1 aliphatic heterocycles. The van der Waals surface area contributed by atoms with Crippen molar-refractivity contribution in [2.24, 2.45) is 5.92 Å². The van der Waals surface area contributed by atoms with Gasteiger partial charge in [-0.15, -0.1) is 0 Å². The van der Waals surface area contributed by atoms with Gasteiger partial charge in [-0.2, -0.15) is 0 Å². The molecule has 3 rings (SSSR count). The number of nitrogens with zero attached hydrogens (tertiary/aromatic N) is 2. The zero-order valence-corrected chi connectivity index (χ0v) is 9.81. The molecule has 1 aromatic heterocycles. The summed E-state index contributed by atoms with van der Waals surface area (Å²) >= 11 is 0. The molecule has 1 saturated carbocycles. The van der Waals surface area contributed by atoms with Crippen LogP contribution in [0, 0.1) is 5.92 Å².